The lowest BCUT2D eigenvalue weighted by atomic mass is 10.0. The number of carboxylic acid groups (broad SMARTS) is 1. The summed E-state index contributed by atoms with van der Waals surface area (Å²) in [5.74, 6) is 0.107. The molecule has 0 fully saturated rings. The van der Waals surface area contributed by atoms with Crippen LogP contribution in [0.3, 0.4) is 0 Å². The summed E-state index contributed by atoms with van der Waals surface area (Å²) in [6.07, 6.45) is 5.63. The van der Waals surface area contributed by atoms with Gasteiger partial charge in [-0.15, -0.1) is 0 Å². The van der Waals surface area contributed by atoms with E-state index in [9.17, 15) is 4.79 Å². The second kappa shape index (κ2) is 8.27. The molecule has 0 saturated heterocycles. The second-order valence-corrected chi connectivity index (χ2v) is 6.11. The summed E-state index contributed by atoms with van der Waals surface area (Å²) in [7, 11) is 1.56. The molecule has 0 aliphatic heterocycles. The molecule has 0 atom stereocenters. The predicted octanol–water partition coefficient (Wildman–Crippen LogP) is 3.62. The Labute approximate surface area is 157 Å². The van der Waals surface area contributed by atoms with Gasteiger partial charge < -0.3 is 15.2 Å². The molecule has 3 aromatic rings. The molecule has 0 bridgehead atoms. The van der Waals surface area contributed by atoms with Gasteiger partial charge >= 0.3 is 5.97 Å². The van der Waals surface area contributed by atoms with E-state index in [2.05, 4.69) is 26.3 Å². The van der Waals surface area contributed by atoms with E-state index in [1.807, 2.05) is 25.1 Å². The Hall–Kier alpha value is -3.48. The van der Waals surface area contributed by atoms with Crippen molar-refractivity contribution in [2.24, 2.45) is 0 Å². The summed E-state index contributed by atoms with van der Waals surface area (Å²) in [5, 5.41) is 12.0. The minimum absolute atomic E-state index is 0.0823. The van der Waals surface area contributed by atoms with Crippen LogP contribution in [0.1, 0.15) is 17.5 Å². The zero-order chi connectivity index (χ0) is 19.2. The van der Waals surface area contributed by atoms with Crippen LogP contribution in [0.4, 0.5) is 11.6 Å². The highest BCUT2D eigenvalue weighted by molar-refractivity contribution is 5.71. The first-order valence-corrected chi connectivity index (χ1v) is 8.45. The quantitative estimate of drug-likeness (QED) is 0.661. The van der Waals surface area contributed by atoms with Crippen molar-refractivity contribution in [3.63, 3.8) is 0 Å². The summed E-state index contributed by atoms with van der Waals surface area (Å²) in [4.78, 5) is 23.5. The van der Waals surface area contributed by atoms with E-state index in [0.29, 0.717) is 18.2 Å². The van der Waals surface area contributed by atoms with E-state index in [4.69, 9.17) is 9.84 Å². The maximum Gasteiger partial charge on any atom is 0.303 e. The number of aliphatic carboxylic acids is 1. The summed E-state index contributed by atoms with van der Waals surface area (Å²) >= 11 is 0. The van der Waals surface area contributed by atoms with E-state index in [0.717, 1.165) is 27.9 Å². The van der Waals surface area contributed by atoms with Crippen molar-refractivity contribution in [2.75, 3.05) is 12.4 Å². The topological polar surface area (TPSA) is 97.2 Å². The fraction of sp³-hybridized carbons (Fsp3) is 0.200. The molecule has 2 heterocycles. The number of nitrogens with zero attached hydrogens (tertiary/aromatic N) is 3. The van der Waals surface area contributed by atoms with Crippen molar-refractivity contribution in [1.29, 1.82) is 0 Å². The van der Waals surface area contributed by atoms with Gasteiger partial charge in [0.1, 0.15) is 0 Å². The highest BCUT2D eigenvalue weighted by Crippen LogP contribution is 2.26. The van der Waals surface area contributed by atoms with E-state index in [-0.39, 0.29) is 6.42 Å². The van der Waals surface area contributed by atoms with Gasteiger partial charge in [-0.05, 0) is 48.2 Å². The Kier molecular flexibility index (Phi) is 5.61. The van der Waals surface area contributed by atoms with Gasteiger partial charge in [-0.1, -0.05) is 6.07 Å². The number of nitrogens with one attached hydrogen (secondary N) is 1. The van der Waals surface area contributed by atoms with Gasteiger partial charge in [0.05, 0.1) is 7.11 Å². The number of hydrogen-bond acceptors (Lipinski definition) is 6. The van der Waals surface area contributed by atoms with E-state index >= 15 is 0 Å². The Morgan fingerprint density at radius 3 is 2.81 bits per heavy atom. The molecule has 3 rings (SSSR count). The molecule has 7 heteroatoms. The summed E-state index contributed by atoms with van der Waals surface area (Å²) < 4.78 is 5.12. The minimum atomic E-state index is -0.819. The molecule has 2 N–H and O–H groups in total. The number of carboxylic acids is 1. The fourth-order valence-corrected chi connectivity index (χ4v) is 2.70. The molecule has 7 nitrogen and oxygen atoms in total. The van der Waals surface area contributed by atoms with Crippen LogP contribution in [0.25, 0.3) is 11.1 Å². The molecular weight excluding hydrogens is 344 g/mol. The van der Waals surface area contributed by atoms with Gasteiger partial charge in [0.15, 0.2) is 0 Å². The van der Waals surface area contributed by atoms with E-state index in [1.54, 1.807) is 31.8 Å². The van der Waals surface area contributed by atoms with Crippen molar-refractivity contribution in [1.82, 2.24) is 15.0 Å². The monoisotopic (exact) mass is 364 g/mol. The predicted molar refractivity (Wildman–Crippen MR) is 102 cm³/mol. The molecule has 0 unspecified atom stereocenters. The average Bonchev–Trinajstić information content (AvgIpc) is 2.66. The third-order valence-corrected chi connectivity index (χ3v) is 3.93. The van der Waals surface area contributed by atoms with Gasteiger partial charge in [0.2, 0.25) is 11.8 Å². The van der Waals surface area contributed by atoms with E-state index in [1.165, 1.54) is 0 Å². The number of anilines is 2. The number of rotatable bonds is 7. The maximum atomic E-state index is 10.8. The Morgan fingerprint density at radius 1 is 1.19 bits per heavy atom. The standard InChI is InChI=1S/C20H20N4O3/c1-13-7-15(16-9-14(11-21-12-16)3-4-19(25)26)10-17(8-13)23-20-22-6-5-18(24-20)27-2/h5-12H,3-4H2,1-2H3,(H,25,26)(H,22,23,24). The summed E-state index contributed by atoms with van der Waals surface area (Å²) in [6, 6.07) is 9.68. The summed E-state index contributed by atoms with van der Waals surface area (Å²) in [5.41, 5.74) is 4.70. The lowest BCUT2D eigenvalue weighted by molar-refractivity contribution is -0.136. The van der Waals surface area contributed by atoms with Crippen molar-refractivity contribution in [2.45, 2.75) is 19.8 Å². The molecule has 0 spiro atoms. The van der Waals surface area contributed by atoms with Crippen molar-refractivity contribution in [3.05, 3.63) is 60.0 Å². The Bertz CT molecular complexity index is 959. The van der Waals surface area contributed by atoms with E-state index < -0.39 is 5.97 Å². The van der Waals surface area contributed by atoms with Crippen LogP contribution in [0.2, 0.25) is 0 Å². The largest absolute Gasteiger partial charge is 0.481 e. The lowest BCUT2D eigenvalue weighted by Gasteiger charge is -2.10. The van der Waals surface area contributed by atoms with Crippen LogP contribution in [-0.4, -0.2) is 33.1 Å². The second-order valence-electron chi connectivity index (χ2n) is 6.11. The zero-order valence-corrected chi connectivity index (χ0v) is 15.1. The Morgan fingerprint density at radius 2 is 2.04 bits per heavy atom. The average molecular weight is 364 g/mol. The SMILES string of the molecule is COc1ccnc(Nc2cc(C)cc(-c3cncc(CCC(=O)O)c3)c2)n1. The number of benzene rings is 1. The van der Waals surface area contributed by atoms with Gasteiger partial charge in [-0.25, -0.2) is 4.98 Å². The van der Waals surface area contributed by atoms with Gasteiger partial charge in [0.25, 0.3) is 0 Å². The van der Waals surface area contributed by atoms with Crippen molar-refractivity contribution < 1.29 is 14.6 Å². The van der Waals surface area contributed by atoms with Gasteiger partial charge in [-0.3, -0.25) is 9.78 Å². The van der Waals surface area contributed by atoms with Crippen LogP contribution in [0.15, 0.2) is 48.9 Å². The van der Waals surface area contributed by atoms with Crippen LogP contribution >= 0.6 is 0 Å². The lowest BCUT2D eigenvalue weighted by Crippen LogP contribution is -1.99. The van der Waals surface area contributed by atoms with Crippen molar-refractivity contribution in [3.8, 4) is 17.0 Å². The summed E-state index contributed by atoms with van der Waals surface area (Å²) in [6.45, 7) is 2.00. The molecule has 0 aliphatic rings. The van der Waals surface area contributed by atoms with Gasteiger partial charge in [-0.2, -0.15) is 4.98 Å². The number of aromatic nitrogens is 3. The molecule has 1 aromatic carbocycles. The fourth-order valence-electron chi connectivity index (χ4n) is 2.70. The molecular formula is C20H20N4O3. The number of aryl methyl sites for hydroxylation is 2. The molecule has 0 radical (unpaired) electrons. The number of pyridine rings is 1. The number of carbonyl (C=O) groups is 1. The third-order valence-electron chi connectivity index (χ3n) is 3.93. The first-order chi connectivity index (χ1) is 13.0. The van der Waals surface area contributed by atoms with Crippen LogP contribution in [-0.2, 0) is 11.2 Å². The van der Waals surface area contributed by atoms with Gasteiger partial charge in [0, 0.05) is 42.3 Å². The first-order valence-electron chi connectivity index (χ1n) is 8.45. The normalized spacial score (nSPS) is 10.4. The maximum absolute atomic E-state index is 10.8. The minimum Gasteiger partial charge on any atom is -0.481 e. The molecule has 138 valence electrons. The molecule has 27 heavy (non-hydrogen) atoms. The highest BCUT2D eigenvalue weighted by atomic mass is 16.5. The van der Waals surface area contributed by atoms with Crippen LogP contribution < -0.4 is 10.1 Å². The highest BCUT2D eigenvalue weighted by Gasteiger charge is 2.07. The molecule has 0 aliphatic carbocycles. The zero-order valence-electron chi connectivity index (χ0n) is 15.1. The van der Waals surface area contributed by atoms with Crippen LogP contribution in [0.5, 0.6) is 5.88 Å². The van der Waals surface area contributed by atoms with Crippen molar-refractivity contribution >= 4 is 17.6 Å². The smallest absolute Gasteiger partial charge is 0.303 e. The Balaban J connectivity index is 1.86. The number of ether oxygens (including phenoxy) is 1. The number of methoxy groups -OCH3 is 1. The third kappa shape index (κ3) is 5.01. The van der Waals surface area contributed by atoms with Crippen LogP contribution in [0, 0.1) is 6.92 Å². The number of hydrogen-bond donors (Lipinski definition) is 2. The molecule has 0 amide bonds. The molecule has 2 aromatic heterocycles. The first kappa shape index (κ1) is 18.3. The molecule has 0 saturated carbocycles.